The number of hydrogen-bond donors (Lipinski definition) is 1. The van der Waals surface area contributed by atoms with Crippen LogP contribution < -0.4 is 0 Å². The molecule has 4 heteroatoms. The van der Waals surface area contributed by atoms with Gasteiger partial charge >= 0.3 is 11.9 Å². The zero-order chi connectivity index (χ0) is 13.1. The van der Waals surface area contributed by atoms with Crippen molar-refractivity contribution in [1.29, 1.82) is 0 Å². The molecule has 0 radical (unpaired) electrons. The van der Waals surface area contributed by atoms with Crippen LogP contribution in [0.25, 0.3) is 0 Å². The van der Waals surface area contributed by atoms with Crippen molar-refractivity contribution in [2.24, 2.45) is 5.41 Å². The van der Waals surface area contributed by atoms with E-state index in [1.165, 1.54) is 0 Å². The second-order valence-corrected chi connectivity index (χ2v) is 5.69. The van der Waals surface area contributed by atoms with E-state index in [-0.39, 0.29) is 18.3 Å². The Labute approximate surface area is 102 Å². The average Bonchev–Trinajstić information content (AvgIpc) is 2.20. The Bertz CT molecular complexity index is 309. The maximum atomic E-state index is 11.6. The fourth-order valence-corrected chi connectivity index (χ4v) is 2.33. The Morgan fingerprint density at radius 3 is 2.24 bits per heavy atom. The van der Waals surface area contributed by atoms with E-state index in [2.05, 4.69) is 13.8 Å². The topological polar surface area (TPSA) is 63.6 Å². The Hall–Kier alpha value is -1.06. The summed E-state index contributed by atoms with van der Waals surface area (Å²) in [5.74, 6) is -1.36. The van der Waals surface area contributed by atoms with Crippen LogP contribution in [0.5, 0.6) is 0 Å². The van der Waals surface area contributed by atoms with Crippen LogP contribution in [0.2, 0.25) is 0 Å². The van der Waals surface area contributed by atoms with E-state index in [0.29, 0.717) is 0 Å². The molecule has 0 aromatic carbocycles. The van der Waals surface area contributed by atoms with Gasteiger partial charge in [-0.1, -0.05) is 20.3 Å². The summed E-state index contributed by atoms with van der Waals surface area (Å²) >= 11 is 0. The predicted molar refractivity (Wildman–Crippen MR) is 63.6 cm³/mol. The van der Waals surface area contributed by atoms with Gasteiger partial charge in [-0.05, 0) is 26.2 Å². The molecule has 0 amide bonds. The molecule has 1 unspecified atom stereocenters. The Morgan fingerprint density at radius 2 is 1.71 bits per heavy atom. The van der Waals surface area contributed by atoms with Crippen molar-refractivity contribution in [3.63, 3.8) is 0 Å². The molecule has 0 spiro atoms. The molecule has 1 rings (SSSR count). The molecule has 0 aromatic heterocycles. The van der Waals surface area contributed by atoms with Gasteiger partial charge in [0.15, 0.2) is 0 Å². The van der Waals surface area contributed by atoms with Crippen molar-refractivity contribution in [3.05, 3.63) is 0 Å². The second-order valence-electron chi connectivity index (χ2n) is 5.69. The largest absolute Gasteiger partial charge is 0.481 e. The smallest absolute Gasteiger partial charge is 0.306 e. The van der Waals surface area contributed by atoms with Crippen LogP contribution in [0.4, 0.5) is 0 Å². The van der Waals surface area contributed by atoms with Gasteiger partial charge in [0.2, 0.25) is 0 Å². The molecule has 1 saturated carbocycles. The molecule has 0 heterocycles. The highest BCUT2D eigenvalue weighted by molar-refractivity contribution is 5.76. The van der Waals surface area contributed by atoms with Gasteiger partial charge < -0.3 is 9.84 Å². The van der Waals surface area contributed by atoms with E-state index in [4.69, 9.17) is 9.84 Å². The summed E-state index contributed by atoms with van der Waals surface area (Å²) in [6, 6.07) is 0. The zero-order valence-electron chi connectivity index (χ0n) is 10.9. The number of aliphatic carboxylic acids is 1. The first kappa shape index (κ1) is 14.0. The fraction of sp³-hybridized carbons (Fsp3) is 0.846. The van der Waals surface area contributed by atoms with Gasteiger partial charge in [0.25, 0.3) is 0 Å². The molecule has 17 heavy (non-hydrogen) atoms. The highest BCUT2D eigenvalue weighted by Crippen LogP contribution is 2.46. The van der Waals surface area contributed by atoms with Crippen LogP contribution in [-0.4, -0.2) is 22.6 Å². The number of ether oxygens (including phenoxy) is 1. The second kappa shape index (κ2) is 5.07. The molecular formula is C13H22O4. The van der Waals surface area contributed by atoms with Crippen molar-refractivity contribution >= 4 is 11.9 Å². The number of hydrogen-bond acceptors (Lipinski definition) is 3. The Kier molecular flexibility index (Phi) is 4.17. The van der Waals surface area contributed by atoms with Crippen molar-refractivity contribution < 1.29 is 19.4 Å². The first-order chi connectivity index (χ1) is 7.77. The van der Waals surface area contributed by atoms with Gasteiger partial charge in [-0.15, -0.1) is 0 Å². The number of carbonyl (C=O) groups is 2. The SMILES string of the molecule is CC1(C)CCCCC1(C)OC(=O)CCC(=O)O. The lowest BCUT2D eigenvalue weighted by Gasteiger charge is -2.47. The van der Waals surface area contributed by atoms with E-state index in [1.807, 2.05) is 6.92 Å². The number of carbonyl (C=O) groups excluding carboxylic acids is 1. The maximum Gasteiger partial charge on any atom is 0.306 e. The summed E-state index contributed by atoms with van der Waals surface area (Å²) in [6.07, 6.45) is 3.92. The van der Waals surface area contributed by atoms with Gasteiger partial charge in [0, 0.05) is 5.41 Å². The van der Waals surface area contributed by atoms with E-state index in [1.54, 1.807) is 0 Å². The summed E-state index contributed by atoms with van der Waals surface area (Å²) in [7, 11) is 0. The maximum absolute atomic E-state index is 11.6. The average molecular weight is 242 g/mol. The minimum absolute atomic E-state index is 0.0376. The zero-order valence-corrected chi connectivity index (χ0v) is 10.9. The molecule has 0 aliphatic heterocycles. The molecule has 0 saturated heterocycles. The molecule has 4 nitrogen and oxygen atoms in total. The molecular weight excluding hydrogens is 220 g/mol. The normalized spacial score (nSPS) is 27.5. The standard InChI is InChI=1S/C13H22O4/c1-12(2)8-4-5-9-13(12,3)17-11(16)7-6-10(14)15/h4-9H2,1-3H3,(H,14,15). The number of carboxylic acid groups (broad SMARTS) is 1. The number of carboxylic acids is 1. The molecule has 1 aliphatic carbocycles. The number of rotatable bonds is 4. The van der Waals surface area contributed by atoms with Crippen LogP contribution in [0, 0.1) is 5.41 Å². The third-order valence-corrected chi connectivity index (χ3v) is 4.02. The fourth-order valence-electron chi connectivity index (χ4n) is 2.33. The number of esters is 1. The van der Waals surface area contributed by atoms with Gasteiger partial charge in [-0.3, -0.25) is 9.59 Å². The molecule has 1 atom stereocenters. The first-order valence-corrected chi connectivity index (χ1v) is 6.20. The molecule has 1 aliphatic rings. The van der Waals surface area contributed by atoms with Gasteiger partial charge in [-0.2, -0.15) is 0 Å². The quantitative estimate of drug-likeness (QED) is 0.770. The van der Waals surface area contributed by atoms with E-state index < -0.39 is 17.5 Å². The van der Waals surface area contributed by atoms with Gasteiger partial charge in [-0.25, -0.2) is 0 Å². The third-order valence-electron chi connectivity index (χ3n) is 4.02. The van der Waals surface area contributed by atoms with Crippen molar-refractivity contribution in [3.8, 4) is 0 Å². The van der Waals surface area contributed by atoms with Crippen LogP contribution in [0.15, 0.2) is 0 Å². The minimum atomic E-state index is -0.963. The lowest BCUT2D eigenvalue weighted by molar-refractivity contribution is -0.178. The van der Waals surface area contributed by atoms with Crippen molar-refractivity contribution in [2.45, 2.75) is 64.9 Å². The first-order valence-electron chi connectivity index (χ1n) is 6.20. The van der Waals surface area contributed by atoms with Gasteiger partial charge in [0.1, 0.15) is 5.60 Å². The predicted octanol–water partition coefficient (Wildman–Crippen LogP) is 2.75. The van der Waals surface area contributed by atoms with Crippen LogP contribution in [0.3, 0.4) is 0 Å². The lowest BCUT2D eigenvalue weighted by atomic mass is 9.66. The van der Waals surface area contributed by atoms with E-state index in [0.717, 1.165) is 25.7 Å². The third kappa shape index (κ3) is 3.45. The summed E-state index contributed by atoms with van der Waals surface area (Å²) in [6.45, 7) is 6.18. The molecule has 1 N–H and O–H groups in total. The van der Waals surface area contributed by atoms with Crippen LogP contribution >= 0.6 is 0 Å². The van der Waals surface area contributed by atoms with E-state index in [9.17, 15) is 9.59 Å². The Morgan fingerprint density at radius 1 is 1.12 bits per heavy atom. The van der Waals surface area contributed by atoms with Crippen LogP contribution in [0.1, 0.15) is 59.3 Å². The molecule has 0 bridgehead atoms. The summed E-state index contributed by atoms with van der Waals surface area (Å²) in [5.41, 5.74) is -0.495. The highest BCUT2D eigenvalue weighted by atomic mass is 16.6. The van der Waals surface area contributed by atoms with E-state index >= 15 is 0 Å². The lowest BCUT2D eigenvalue weighted by Crippen LogP contribution is -2.48. The molecule has 98 valence electrons. The molecule has 1 fully saturated rings. The summed E-state index contributed by atoms with van der Waals surface area (Å²) < 4.78 is 5.54. The van der Waals surface area contributed by atoms with Crippen molar-refractivity contribution in [2.75, 3.05) is 0 Å². The Balaban J connectivity index is 2.58. The molecule has 0 aromatic rings. The monoisotopic (exact) mass is 242 g/mol. The summed E-state index contributed by atoms with van der Waals surface area (Å²) in [4.78, 5) is 22.0. The van der Waals surface area contributed by atoms with Crippen LogP contribution in [-0.2, 0) is 14.3 Å². The highest BCUT2D eigenvalue weighted by Gasteiger charge is 2.45. The van der Waals surface area contributed by atoms with Crippen molar-refractivity contribution in [1.82, 2.24) is 0 Å². The summed E-state index contributed by atoms with van der Waals surface area (Å²) in [5, 5.41) is 8.53. The van der Waals surface area contributed by atoms with Gasteiger partial charge in [0.05, 0.1) is 12.8 Å². The minimum Gasteiger partial charge on any atom is -0.481 e.